The lowest BCUT2D eigenvalue weighted by molar-refractivity contribution is 0.0266. The van der Waals surface area contributed by atoms with Crippen LogP contribution in [0.5, 0.6) is 11.5 Å². The summed E-state index contributed by atoms with van der Waals surface area (Å²) in [5, 5.41) is 1.84. The molecule has 0 radical (unpaired) electrons. The van der Waals surface area contributed by atoms with E-state index in [0.717, 1.165) is 10.8 Å². The molecule has 0 fully saturated rings. The van der Waals surface area contributed by atoms with Crippen LogP contribution in [0.3, 0.4) is 0 Å². The Morgan fingerprint density at radius 3 is 2.30 bits per heavy atom. The van der Waals surface area contributed by atoms with E-state index >= 15 is 0 Å². The topological polar surface area (TPSA) is 56.8 Å². The van der Waals surface area contributed by atoms with Gasteiger partial charge in [0.1, 0.15) is 0 Å². The van der Waals surface area contributed by atoms with Crippen molar-refractivity contribution in [1.29, 1.82) is 0 Å². The molecule has 5 nitrogen and oxygen atoms in total. The number of fused-ring (bicyclic) bond motifs is 1. The quantitative estimate of drug-likeness (QED) is 0.850. The largest absolute Gasteiger partial charge is 0.493 e. The maximum Gasteiger partial charge on any atom is 0.356 e. The van der Waals surface area contributed by atoms with E-state index in [1.807, 2.05) is 25.1 Å². The molecule has 0 unspecified atom stereocenters. The van der Waals surface area contributed by atoms with E-state index in [4.69, 9.17) is 14.3 Å². The van der Waals surface area contributed by atoms with Gasteiger partial charge in [0.15, 0.2) is 11.5 Å². The highest BCUT2D eigenvalue weighted by Crippen LogP contribution is 2.32. The first-order valence-corrected chi connectivity index (χ1v) is 6.29. The molecular formula is C15H17NO4. The first kappa shape index (κ1) is 14.1. The summed E-state index contributed by atoms with van der Waals surface area (Å²) in [6, 6.07) is 9.02. The maximum absolute atomic E-state index is 11.8. The third-order valence-electron chi connectivity index (χ3n) is 2.89. The Morgan fingerprint density at radius 2 is 1.70 bits per heavy atom. The van der Waals surface area contributed by atoms with E-state index in [0.29, 0.717) is 23.6 Å². The van der Waals surface area contributed by atoms with Crippen LogP contribution in [-0.4, -0.2) is 26.7 Å². The summed E-state index contributed by atoms with van der Waals surface area (Å²) in [6.07, 6.45) is 0. The van der Waals surface area contributed by atoms with Crippen LogP contribution in [0.1, 0.15) is 17.3 Å². The van der Waals surface area contributed by atoms with Gasteiger partial charge in [0, 0.05) is 6.54 Å². The Kier molecular flexibility index (Phi) is 4.42. The molecule has 2 rings (SSSR count). The molecular weight excluding hydrogens is 258 g/mol. The maximum atomic E-state index is 11.8. The van der Waals surface area contributed by atoms with E-state index in [-0.39, 0.29) is 0 Å². The third-order valence-corrected chi connectivity index (χ3v) is 2.89. The van der Waals surface area contributed by atoms with Crippen LogP contribution < -0.4 is 15.0 Å². The van der Waals surface area contributed by atoms with Gasteiger partial charge in [-0.15, -0.1) is 0 Å². The lowest BCUT2D eigenvalue weighted by Gasteiger charge is -2.10. The number of carbonyl (C=O) groups excluding carboxylic acids is 1. The Hall–Kier alpha value is -2.27. The Morgan fingerprint density at radius 1 is 1.05 bits per heavy atom. The molecule has 20 heavy (non-hydrogen) atoms. The van der Waals surface area contributed by atoms with Crippen molar-refractivity contribution in [2.45, 2.75) is 6.92 Å². The molecule has 2 aromatic carbocycles. The number of nitrogens with one attached hydrogen (secondary N) is 1. The summed E-state index contributed by atoms with van der Waals surface area (Å²) >= 11 is 0. The Labute approximate surface area is 117 Å². The van der Waals surface area contributed by atoms with Crippen LogP contribution in [0.4, 0.5) is 0 Å². The lowest BCUT2D eigenvalue weighted by atomic mass is 10.1. The van der Waals surface area contributed by atoms with Crippen molar-refractivity contribution in [2.24, 2.45) is 0 Å². The van der Waals surface area contributed by atoms with Gasteiger partial charge in [0.2, 0.25) is 0 Å². The summed E-state index contributed by atoms with van der Waals surface area (Å²) in [5.74, 6) is 0.865. The van der Waals surface area contributed by atoms with Gasteiger partial charge < -0.3 is 14.3 Å². The standard InChI is InChI=1S/C15H17NO4/c1-4-16-20-15(17)11-6-5-10-8-13(18-2)14(19-3)9-12(10)7-11/h5-9,16H,4H2,1-3H3. The fraction of sp³-hybridized carbons (Fsp3) is 0.267. The number of hydroxylamine groups is 1. The molecule has 0 saturated heterocycles. The zero-order valence-electron chi connectivity index (χ0n) is 11.7. The van der Waals surface area contributed by atoms with Gasteiger partial charge in [-0.1, -0.05) is 6.07 Å². The van der Waals surface area contributed by atoms with Gasteiger partial charge in [0.25, 0.3) is 0 Å². The number of methoxy groups -OCH3 is 2. The predicted molar refractivity (Wildman–Crippen MR) is 76.1 cm³/mol. The number of carbonyl (C=O) groups is 1. The summed E-state index contributed by atoms with van der Waals surface area (Å²) in [6.45, 7) is 2.41. The minimum atomic E-state index is -0.413. The second-order valence-electron chi connectivity index (χ2n) is 4.16. The summed E-state index contributed by atoms with van der Waals surface area (Å²) in [7, 11) is 3.17. The molecule has 0 saturated carbocycles. The number of benzene rings is 2. The van der Waals surface area contributed by atoms with Crippen LogP contribution in [0.15, 0.2) is 30.3 Å². The highest BCUT2D eigenvalue weighted by molar-refractivity contribution is 5.96. The zero-order chi connectivity index (χ0) is 14.5. The second kappa shape index (κ2) is 6.25. The average Bonchev–Trinajstić information content (AvgIpc) is 2.50. The van der Waals surface area contributed by atoms with Crippen LogP contribution in [0.25, 0.3) is 10.8 Å². The van der Waals surface area contributed by atoms with Gasteiger partial charge >= 0.3 is 5.97 Å². The molecule has 2 aromatic rings. The minimum Gasteiger partial charge on any atom is -0.493 e. The van der Waals surface area contributed by atoms with Crippen molar-refractivity contribution < 1.29 is 19.1 Å². The van der Waals surface area contributed by atoms with E-state index in [1.165, 1.54) is 0 Å². The minimum absolute atomic E-state index is 0.413. The molecule has 5 heteroatoms. The van der Waals surface area contributed by atoms with Crippen LogP contribution in [-0.2, 0) is 4.84 Å². The van der Waals surface area contributed by atoms with Gasteiger partial charge in [-0.3, -0.25) is 0 Å². The highest BCUT2D eigenvalue weighted by atomic mass is 16.7. The molecule has 0 amide bonds. The number of ether oxygens (including phenoxy) is 2. The fourth-order valence-corrected chi connectivity index (χ4v) is 1.90. The van der Waals surface area contributed by atoms with Crippen LogP contribution in [0, 0.1) is 0 Å². The molecule has 0 atom stereocenters. The molecule has 0 aliphatic rings. The van der Waals surface area contributed by atoms with Crippen molar-refractivity contribution in [3.63, 3.8) is 0 Å². The molecule has 0 bridgehead atoms. The first-order valence-electron chi connectivity index (χ1n) is 6.29. The zero-order valence-corrected chi connectivity index (χ0v) is 11.7. The predicted octanol–water partition coefficient (Wildman–Crippen LogP) is 2.54. The SMILES string of the molecule is CCNOC(=O)c1ccc2cc(OC)c(OC)cc2c1. The molecule has 0 aliphatic heterocycles. The van der Waals surface area contributed by atoms with E-state index in [2.05, 4.69) is 5.48 Å². The normalized spacial score (nSPS) is 10.3. The van der Waals surface area contributed by atoms with Gasteiger partial charge in [0.05, 0.1) is 19.8 Å². The number of hydrogen-bond donors (Lipinski definition) is 1. The average molecular weight is 275 g/mol. The number of rotatable bonds is 5. The second-order valence-corrected chi connectivity index (χ2v) is 4.16. The van der Waals surface area contributed by atoms with Crippen molar-refractivity contribution >= 4 is 16.7 Å². The Balaban J connectivity index is 2.40. The van der Waals surface area contributed by atoms with Gasteiger partial charge in [-0.2, -0.15) is 5.48 Å². The smallest absolute Gasteiger partial charge is 0.356 e. The summed E-state index contributed by atoms with van der Waals surface area (Å²) in [4.78, 5) is 16.7. The third kappa shape index (κ3) is 2.83. The lowest BCUT2D eigenvalue weighted by Crippen LogP contribution is -2.19. The van der Waals surface area contributed by atoms with Crippen LogP contribution >= 0.6 is 0 Å². The molecule has 0 spiro atoms. The van der Waals surface area contributed by atoms with E-state index < -0.39 is 5.97 Å². The van der Waals surface area contributed by atoms with Crippen molar-refractivity contribution in [3.8, 4) is 11.5 Å². The molecule has 0 aromatic heterocycles. The molecule has 0 aliphatic carbocycles. The monoisotopic (exact) mass is 275 g/mol. The van der Waals surface area contributed by atoms with Gasteiger partial charge in [-0.05, 0) is 42.0 Å². The summed E-state index contributed by atoms with van der Waals surface area (Å²) < 4.78 is 10.5. The van der Waals surface area contributed by atoms with Crippen molar-refractivity contribution in [3.05, 3.63) is 35.9 Å². The fourth-order valence-electron chi connectivity index (χ4n) is 1.90. The summed E-state index contributed by atoms with van der Waals surface area (Å²) in [5.41, 5.74) is 3.02. The van der Waals surface area contributed by atoms with Crippen molar-refractivity contribution in [2.75, 3.05) is 20.8 Å². The van der Waals surface area contributed by atoms with Gasteiger partial charge in [-0.25, -0.2) is 4.79 Å². The first-order chi connectivity index (χ1) is 9.69. The Bertz CT molecular complexity index is 625. The molecule has 0 heterocycles. The number of hydrogen-bond acceptors (Lipinski definition) is 5. The highest BCUT2D eigenvalue weighted by Gasteiger charge is 2.10. The van der Waals surface area contributed by atoms with E-state index in [9.17, 15) is 4.79 Å². The molecule has 1 N–H and O–H groups in total. The van der Waals surface area contributed by atoms with E-state index in [1.54, 1.807) is 26.4 Å². The van der Waals surface area contributed by atoms with Crippen LogP contribution in [0.2, 0.25) is 0 Å². The van der Waals surface area contributed by atoms with Crippen molar-refractivity contribution in [1.82, 2.24) is 5.48 Å². The molecule has 106 valence electrons.